The smallest absolute Gasteiger partial charge is 0.321 e. The third-order valence-corrected chi connectivity index (χ3v) is 3.83. The van der Waals surface area contributed by atoms with Crippen LogP contribution in [0.25, 0.3) is 0 Å². The highest BCUT2D eigenvalue weighted by Crippen LogP contribution is 2.19. The number of anilines is 1. The highest BCUT2D eigenvalue weighted by Gasteiger charge is 2.11. The highest BCUT2D eigenvalue weighted by molar-refractivity contribution is 5.89. The van der Waals surface area contributed by atoms with Crippen molar-refractivity contribution < 1.29 is 23.5 Å². The number of ether oxygens (including phenoxy) is 2. The van der Waals surface area contributed by atoms with Crippen molar-refractivity contribution in [1.29, 1.82) is 0 Å². The zero-order valence-corrected chi connectivity index (χ0v) is 16.1. The molecule has 7 nitrogen and oxygen atoms in total. The van der Waals surface area contributed by atoms with E-state index in [1.165, 1.54) is 24.1 Å². The number of methoxy groups -OCH3 is 1. The summed E-state index contributed by atoms with van der Waals surface area (Å²) < 4.78 is 24.0. The second-order valence-electron chi connectivity index (χ2n) is 6.02. The first-order valence-corrected chi connectivity index (χ1v) is 8.77. The van der Waals surface area contributed by atoms with Crippen LogP contribution in [0.4, 0.5) is 14.9 Å². The number of carbonyl (C=O) groups excluding carboxylic acids is 2. The van der Waals surface area contributed by atoms with Crippen LogP contribution in [0.1, 0.15) is 12.5 Å². The van der Waals surface area contributed by atoms with Crippen molar-refractivity contribution in [3.8, 4) is 11.5 Å². The molecule has 8 heteroatoms. The Hall–Kier alpha value is -3.29. The molecular formula is C20H24FN3O4. The van der Waals surface area contributed by atoms with Crippen molar-refractivity contribution in [2.45, 2.75) is 13.5 Å². The summed E-state index contributed by atoms with van der Waals surface area (Å²) in [6.07, 6.45) is 0. The number of rotatable bonds is 8. The van der Waals surface area contributed by atoms with Gasteiger partial charge in [0.25, 0.3) is 5.91 Å². The Kier molecular flexibility index (Phi) is 7.62. The van der Waals surface area contributed by atoms with Gasteiger partial charge in [-0.15, -0.1) is 0 Å². The molecule has 2 rings (SSSR count). The van der Waals surface area contributed by atoms with Gasteiger partial charge >= 0.3 is 6.03 Å². The van der Waals surface area contributed by atoms with Crippen molar-refractivity contribution in [1.82, 2.24) is 10.2 Å². The average Bonchev–Trinajstić information content (AvgIpc) is 2.68. The number of benzene rings is 2. The maximum atomic E-state index is 13.8. The lowest BCUT2D eigenvalue weighted by Crippen LogP contribution is -2.30. The van der Waals surface area contributed by atoms with Crippen molar-refractivity contribution in [3.63, 3.8) is 0 Å². The van der Waals surface area contributed by atoms with Crippen LogP contribution < -0.4 is 20.1 Å². The molecule has 0 aromatic heterocycles. The summed E-state index contributed by atoms with van der Waals surface area (Å²) >= 11 is 0. The lowest BCUT2D eigenvalue weighted by molar-refractivity contribution is -0.122. The van der Waals surface area contributed by atoms with Gasteiger partial charge in [-0.05, 0) is 48.9 Å². The Labute approximate surface area is 163 Å². The fraction of sp³-hybridized carbons (Fsp3) is 0.300. The number of nitrogens with one attached hydrogen (secondary N) is 2. The molecule has 0 aliphatic rings. The van der Waals surface area contributed by atoms with Crippen LogP contribution in [0.3, 0.4) is 0 Å². The van der Waals surface area contributed by atoms with Gasteiger partial charge in [-0.1, -0.05) is 6.07 Å². The molecule has 3 amide bonds. The van der Waals surface area contributed by atoms with Gasteiger partial charge in [0, 0.05) is 25.8 Å². The van der Waals surface area contributed by atoms with E-state index in [2.05, 4.69) is 10.6 Å². The zero-order chi connectivity index (χ0) is 20.5. The van der Waals surface area contributed by atoms with Crippen molar-refractivity contribution in [3.05, 3.63) is 53.8 Å². The molecule has 0 aliphatic carbocycles. The van der Waals surface area contributed by atoms with Crippen LogP contribution in [0.2, 0.25) is 0 Å². The summed E-state index contributed by atoms with van der Waals surface area (Å²) in [6.45, 7) is 2.54. The Balaban J connectivity index is 1.87. The molecule has 0 radical (unpaired) electrons. The number of carbonyl (C=O) groups is 2. The fourth-order valence-corrected chi connectivity index (χ4v) is 2.40. The molecule has 150 valence electrons. The van der Waals surface area contributed by atoms with Gasteiger partial charge in [-0.3, -0.25) is 4.79 Å². The third-order valence-electron chi connectivity index (χ3n) is 3.83. The van der Waals surface area contributed by atoms with Crippen LogP contribution in [0.5, 0.6) is 11.5 Å². The van der Waals surface area contributed by atoms with E-state index in [4.69, 9.17) is 9.47 Å². The van der Waals surface area contributed by atoms with Crippen LogP contribution in [-0.2, 0) is 11.3 Å². The van der Waals surface area contributed by atoms with Gasteiger partial charge in [0.2, 0.25) is 0 Å². The SMILES string of the molecule is CCNC(=O)COc1ccc(NC(=O)N(C)Cc2ccc(OC)c(F)c2)cc1. The Bertz CT molecular complexity index is 812. The van der Waals surface area contributed by atoms with Crippen LogP contribution >= 0.6 is 0 Å². The zero-order valence-electron chi connectivity index (χ0n) is 16.1. The predicted molar refractivity (Wildman–Crippen MR) is 104 cm³/mol. The topological polar surface area (TPSA) is 79.9 Å². The quantitative estimate of drug-likeness (QED) is 0.727. The van der Waals surface area contributed by atoms with Crippen LogP contribution in [0, 0.1) is 5.82 Å². The molecule has 0 aliphatic heterocycles. The minimum atomic E-state index is -0.475. The molecule has 2 N–H and O–H groups in total. The van der Waals surface area contributed by atoms with Crippen molar-refractivity contribution >= 4 is 17.6 Å². The lowest BCUT2D eigenvalue weighted by atomic mass is 10.2. The molecule has 0 unspecified atom stereocenters. The van der Waals surface area contributed by atoms with Gasteiger partial charge in [-0.25, -0.2) is 9.18 Å². The predicted octanol–water partition coefficient (Wildman–Crippen LogP) is 3.01. The molecule has 0 bridgehead atoms. The summed E-state index contributed by atoms with van der Waals surface area (Å²) in [6, 6.07) is 10.9. The van der Waals surface area contributed by atoms with E-state index in [1.54, 1.807) is 37.4 Å². The van der Waals surface area contributed by atoms with E-state index < -0.39 is 5.82 Å². The minimum absolute atomic E-state index is 0.0687. The van der Waals surface area contributed by atoms with Gasteiger partial charge < -0.3 is 25.0 Å². The molecule has 0 saturated carbocycles. The first-order chi connectivity index (χ1) is 13.4. The van der Waals surface area contributed by atoms with Crippen LogP contribution in [-0.4, -0.2) is 44.1 Å². The Morgan fingerprint density at radius 3 is 2.46 bits per heavy atom. The third kappa shape index (κ3) is 6.15. The summed E-state index contributed by atoms with van der Waals surface area (Å²) in [5.41, 5.74) is 1.22. The maximum absolute atomic E-state index is 13.8. The van der Waals surface area contributed by atoms with E-state index >= 15 is 0 Å². The Morgan fingerprint density at radius 1 is 1.14 bits per heavy atom. The number of likely N-dealkylation sites (N-methyl/N-ethyl adjacent to an activating group) is 1. The second kappa shape index (κ2) is 10.1. The largest absolute Gasteiger partial charge is 0.494 e. The molecule has 0 saturated heterocycles. The minimum Gasteiger partial charge on any atom is -0.494 e. The number of amides is 3. The molecule has 28 heavy (non-hydrogen) atoms. The number of urea groups is 1. The van der Waals surface area contributed by atoms with Gasteiger partial charge in [-0.2, -0.15) is 0 Å². The number of hydrogen-bond acceptors (Lipinski definition) is 4. The second-order valence-corrected chi connectivity index (χ2v) is 6.02. The average molecular weight is 389 g/mol. The first-order valence-electron chi connectivity index (χ1n) is 8.77. The van der Waals surface area contributed by atoms with E-state index in [0.717, 1.165) is 0 Å². The molecular weight excluding hydrogens is 365 g/mol. The van der Waals surface area contributed by atoms with Gasteiger partial charge in [0.1, 0.15) is 5.75 Å². The van der Waals surface area contributed by atoms with Crippen molar-refractivity contribution in [2.24, 2.45) is 0 Å². The monoisotopic (exact) mass is 389 g/mol. The number of halogens is 1. The fourth-order valence-electron chi connectivity index (χ4n) is 2.40. The summed E-state index contributed by atoms with van der Waals surface area (Å²) in [7, 11) is 3.01. The molecule has 0 spiro atoms. The van der Waals surface area contributed by atoms with E-state index in [1.807, 2.05) is 6.92 Å². The summed E-state index contributed by atoms with van der Waals surface area (Å²) in [5, 5.41) is 5.38. The number of hydrogen-bond donors (Lipinski definition) is 2. The Morgan fingerprint density at radius 2 is 1.86 bits per heavy atom. The molecule has 2 aromatic rings. The molecule has 0 atom stereocenters. The lowest BCUT2D eigenvalue weighted by Gasteiger charge is -2.18. The van der Waals surface area contributed by atoms with Gasteiger partial charge in [0.15, 0.2) is 18.2 Å². The highest BCUT2D eigenvalue weighted by atomic mass is 19.1. The van der Waals surface area contributed by atoms with Crippen LogP contribution in [0.15, 0.2) is 42.5 Å². The normalized spacial score (nSPS) is 10.1. The van der Waals surface area contributed by atoms with Gasteiger partial charge in [0.05, 0.1) is 7.11 Å². The van der Waals surface area contributed by atoms with E-state index in [0.29, 0.717) is 23.5 Å². The molecule has 0 heterocycles. The summed E-state index contributed by atoms with van der Waals surface area (Å²) in [4.78, 5) is 25.1. The van der Waals surface area contributed by atoms with E-state index in [-0.39, 0.29) is 30.8 Å². The van der Waals surface area contributed by atoms with Crippen molar-refractivity contribution in [2.75, 3.05) is 32.6 Å². The summed E-state index contributed by atoms with van der Waals surface area (Å²) in [5.74, 6) is 0.00476. The standard InChI is InChI=1S/C20H24FN3O4/c1-4-22-19(25)13-28-16-8-6-15(7-9-16)23-20(26)24(2)12-14-5-10-18(27-3)17(21)11-14/h5-11H,4,12-13H2,1-3H3,(H,22,25)(H,23,26). The first kappa shape index (κ1) is 21.0. The molecule has 2 aromatic carbocycles. The maximum Gasteiger partial charge on any atom is 0.321 e. The molecule has 0 fully saturated rings. The number of nitrogens with zero attached hydrogens (tertiary/aromatic N) is 1. The van der Waals surface area contributed by atoms with E-state index in [9.17, 15) is 14.0 Å².